The number of benzene rings is 3. The lowest BCUT2D eigenvalue weighted by molar-refractivity contribution is -0.122. The first-order valence-electron chi connectivity index (χ1n) is 12.6. The Morgan fingerprint density at radius 3 is 2.36 bits per heavy atom. The van der Waals surface area contributed by atoms with Crippen LogP contribution in [0.4, 0.5) is 11.4 Å². The minimum Gasteiger partial charge on any atom is -0.497 e. The molecule has 2 unspecified atom stereocenters. The smallest absolute Gasteiger partial charge is 0.308 e. The number of hydrogen-bond donors (Lipinski definition) is 1. The third-order valence-electron chi connectivity index (χ3n) is 7.11. The van der Waals surface area contributed by atoms with Gasteiger partial charge in [0.05, 0.1) is 33.8 Å². The number of nitrogens with zero attached hydrogens (tertiary/aromatic N) is 2. The van der Waals surface area contributed by atoms with Gasteiger partial charge in [-0.3, -0.25) is 23.7 Å². The number of halogens is 3. The topological polar surface area (TPSA) is 97.7 Å². The maximum atomic E-state index is 14.0. The molecule has 0 aliphatic carbocycles. The van der Waals surface area contributed by atoms with Gasteiger partial charge in [-0.2, -0.15) is 0 Å². The van der Waals surface area contributed by atoms with Crippen LogP contribution in [0.1, 0.15) is 16.4 Å². The largest absolute Gasteiger partial charge is 0.497 e. The molecule has 3 amide bonds. The third-order valence-corrected chi connectivity index (χ3v) is 11.0. The molecule has 1 saturated heterocycles. The Hall–Kier alpha value is -3.09. The molecule has 3 aromatic carbocycles. The molecule has 0 bridgehead atoms. The van der Waals surface area contributed by atoms with Crippen LogP contribution in [0.15, 0.2) is 81.0 Å². The van der Waals surface area contributed by atoms with Crippen molar-refractivity contribution >= 4 is 91.3 Å². The summed E-state index contributed by atoms with van der Waals surface area (Å²) in [5.41, 5.74) is 1.66. The number of carbonyl (C=O) groups is 3. The van der Waals surface area contributed by atoms with Crippen LogP contribution in [0.25, 0.3) is 0 Å². The monoisotopic (exact) mass is 703 g/mol. The molecule has 2 aliphatic heterocycles. The van der Waals surface area contributed by atoms with Crippen LogP contribution in [0.5, 0.6) is 5.75 Å². The van der Waals surface area contributed by atoms with E-state index < -0.39 is 23.0 Å². The van der Waals surface area contributed by atoms with E-state index >= 15 is 0 Å². The number of amides is 3. The molecule has 42 heavy (non-hydrogen) atoms. The van der Waals surface area contributed by atoms with Crippen LogP contribution in [0.3, 0.4) is 0 Å². The highest BCUT2D eigenvalue weighted by Gasteiger charge is 2.56. The Labute approximate surface area is 266 Å². The van der Waals surface area contributed by atoms with Gasteiger partial charge in [-0.05, 0) is 60.2 Å². The zero-order valence-corrected chi connectivity index (χ0v) is 26.4. The third kappa shape index (κ3) is 5.17. The summed E-state index contributed by atoms with van der Waals surface area (Å²) in [5.74, 6) is -1.87. The maximum Gasteiger partial charge on any atom is 0.308 e. The Morgan fingerprint density at radius 2 is 1.69 bits per heavy atom. The Kier molecular flexibility index (Phi) is 7.97. The average molecular weight is 705 g/mol. The lowest BCUT2D eigenvalue weighted by atomic mass is 9.83. The maximum absolute atomic E-state index is 14.0. The van der Waals surface area contributed by atoms with Gasteiger partial charge in [0, 0.05) is 21.0 Å². The summed E-state index contributed by atoms with van der Waals surface area (Å²) in [6.07, 6.45) is 0. The van der Waals surface area contributed by atoms with E-state index in [9.17, 15) is 19.2 Å². The van der Waals surface area contributed by atoms with Crippen LogP contribution >= 0.6 is 62.2 Å². The number of ether oxygens (including phenoxy) is 1. The van der Waals surface area contributed by atoms with Gasteiger partial charge in [-0.1, -0.05) is 74.4 Å². The molecular formula is C29H20BrCl2N3O5S2. The Balaban J connectivity index is 1.39. The van der Waals surface area contributed by atoms with Crippen molar-refractivity contribution in [1.82, 2.24) is 4.57 Å². The van der Waals surface area contributed by atoms with E-state index in [1.165, 1.54) is 22.6 Å². The van der Waals surface area contributed by atoms with E-state index in [0.29, 0.717) is 32.1 Å². The van der Waals surface area contributed by atoms with E-state index in [4.69, 9.17) is 27.9 Å². The van der Waals surface area contributed by atoms with Gasteiger partial charge in [0.25, 0.3) is 0 Å². The van der Waals surface area contributed by atoms with Crippen LogP contribution in [0.2, 0.25) is 10.0 Å². The van der Waals surface area contributed by atoms with Gasteiger partial charge in [-0.15, -0.1) is 0 Å². The van der Waals surface area contributed by atoms with Gasteiger partial charge in [0.15, 0.2) is 0 Å². The van der Waals surface area contributed by atoms with Crippen LogP contribution in [-0.4, -0.2) is 34.6 Å². The minimum atomic E-state index is -0.792. The fraction of sp³-hybridized carbons (Fsp3) is 0.172. The molecule has 214 valence electrons. The summed E-state index contributed by atoms with van der Waals surface area (Å²) >= 11 is 17.7. The van der Waals surface area contributed by atoms with Crippen molar-refractivity contribution in [2.45, 2.75) is 22.7 Å². The van der Waals surface area contributed by atoms with Crippen molar-refractivity contribution < 1.29 is 19.1 Å². The first kappa shape index (κ1) is 29.0. The Morgan fingerprint density at radius 1 is 0.976 bits per heavy atom. The number of thiazole rings is 1. The number of methoxy groups -OCH3 is 1. The highest BCUT2D eigenvalue weighted by molar-refractivity contribution is 9.10. The molecule has 4 aromatic rings. The number of thioether (sulfide) groups is 1. The predicted octanol–water partition coefficient (Wildman–Crippen LogP) is 6.42. The van der Waals surface area contributed by atoms with Crippen molar-refractivity contribution in [3.63, 3.8) is 0 Å². The second kappa shape index (κ2) is 11.5. The van der Waals surface area contributed by atoms with Crippen molar-refractivity contribution in [3.8, 4) is 5.75 Å². The Bertz CT molecular complexity index is 1790. The summed E-state index contributed by atoms with van der Waals surface area (Å²) in [6, 6.07) is 18.9. The van der Waals surface area contributed by atoms with Gasteiger partial charge < -0.3 is 10.1 Å². The van der Waals surface area contributed by atoms with Gasteiger partial charge in [-0.25, -0.2) is 4.90 Å². The second-order valence-corrected chi connectivity index (χ2v) is 13.5. The first-order valence-corrected chi connectivity index (χ1v) is 15.8. The van der Waals surface area contributed by atoms with Crippen molar-refractivity contribution in [2.24, 2.45) is 5.92 Å². The van der Waals surface area contributed by atoms with Gasteiger partial charge in [0.1, 0.15) is 17.5 Å². The second-order valence-electron chi connectivity index (χ2n) is 9.60. The molecule has 0 spiro atoms. The van der Waals surface area contributed by atoms with Crippen LogP contribution in [-0.2, 0) is 20.9 Å². The highest BCUT2D eigenvalue weighted by Crippen LogP contribution is 2.54. The van der Waals surface area contributed by atoms with E-state index in [0.717, 1.165) is 33.1 Å². The number of aromatic nitrogens is 1. The van der Waals surface area contributed by atoms with Crippen molar-refractivity contribution in [2.75, 3.05) is 17.3 Å². The molecule has 2 aliphatic rings. The van der Waals surface area contributed by atoms with E-state index in [2.05, 4.69) is 21.2 Å². The molecule has 3 heterocycles. The number of nitrogens with one attached hydrogen (secondary N) is 1. The first-order chi connectivity index (χ1) is 20.2. The number of fused-ring (bicyclic) bond motifs is 2. The van der Waals surface area contributed by atoms with Gasteiger partial charge >= 0.3 is 4.87 Å². The normalized spacial score (nSPS) is 19.4. The lowest BCUT2D eigenvalue weighted by Crippen LogP contribution is -2.33. The van der Waals surface area contributed by atoms with E-state index in [1.54, 1.807) is 36.4 Å². The zero-order chi connectivity index (χ0) is 29.7. The summed E-state index contributed by atoms with van der Waals surface area (Å²) in [5, 5.41) is 3.08. The summed E-state index contributed by atoms with van der Waals surface area (Å²) in [7, 11) is 1.54. The fourth-order valence-corrected chi connectivity index (χ4v) is 8.52. The molecule has 6 rings (SSSR count). The summed E-state index contributed by atoms with van der Waals surface area (Å²) in [4.78, 5) is 55.7. The molecule has 8 nitrogen and oxygen atoms in total. The molecule has 0 saturated carbocycles. The minimum absolute atomic E-state index is 0.282. The lowest BCUT2D eigenvalue weighted by Gasteiger charge is -2.30. The number of anilines is 2. The molecule has 1 N–H and O–H groups in total. The molecule has 0 radical (unpaired) electrons. The van der Waals surface area contributed by atoms with Crippen LogP contribution in [0, 0.1) is 5.92 Å². The van der Waals surface area contributed by atoms with E-state index in [-0.39, 0.29) is 28.3 Å². The summed E-state index contributed by atoms with van der Waals surface area (Å²) < 4.78 is 7.45. The molecule has 13 heteroatoms. The van der Waals surface area contributed by atoms with Crippen LogP contribution < -0.4 is 19.8 Å². The number of imide groups is 1. The predicted molar refractivity (Wildman–Crippen MR) is 168 cm³/mol. The standard InChI is InChI=1S/C29H20BrCl2N3O5S2/c1-40-18-9-7-17(8-10-18)35-26(37)23-22(14-2-4-15(30)5-3-14)25-28(41-24(23)27(35)38)34(29(39)42-25)13-21(36)33-16-6-11-19(31)20(32)12-16/h2-12,22-24H,13H2,1H3,(H,33,36)/t22-,23?,24?/m1/s1. The zero-order valence-electron chi connectivity index (χ0n) is 21.7. The number of rotatable bonds is 6. The number of carbonyl (C=O) groups excluding carboxylic acids is 3. The van der Waals surface area contributed by atoms with E-state index in [1.807, 2.05) is 24.3 Å². The summed E-state index contributed by atoms with van der Waals surface area (Å²) in [6.45, 7) is -0.285. The highest BCUT2D eigenvalue weighted by atomic mass is 79.9. The fourth-order valence-electron chi connectivity index (χ4n) is 5.19. The van der Waals surface area contributed by atoms with Gasteiger partial charge in [0.2, 0.25) is 17.7 Å². The molecule has 1 fully saturated rings. The molecule has 1 aromatic heterocycles. The van der Waals surface area contributed by atoms with Crippen molar-refractivity contribution in [3.05, 3.63) is 101 Å². The van der Waals surface area contributed by atoms with Crippen molar-refractivity contribution in [1.29, 1.82) is 0 Å². The average Bonchev–Trinajstić information content (AvgIpc) is 3.41. The SMILES string of the molecule is COc1ccc(N2C(=O)C3Sc4c(sc(=O)n4CC(=O)Nc4ccc(Cl)c(Cl)c4)[C@H](c4ccc(Br)cc4)C3C2=O)cc1. The molecule has 3 atom stereocenters. The quantitative estimate of drug-likeness (QED) is 0.233. The number of hydrogen-bond acceptors (Lipinski definition) is 7. The molecular weight excluding hydrogens is 685 g/mol.